The maximum atomic E-state index is 5.93. The maximum absolute atomic E-state index is 5.93. The third-order valence-electron chi connectivity index (χ3n) is 2.05. The van der Waals surface area contributed by atoms with E-state index in [2.05, 4.69) is 9.98 Å². The molecule has 4 nitrogen and oxygen atoms in total. The molecule has 1 aliphatic rings. The average molecular weight is 220 g/mol. The van der Waals surface area contributed by atoms with Crippen molar-refractivity contribution >= 4 is 17.8 Å². The normalized spacial score (nSPS) is 20.3. The van der Waals surface area contributed by atoms with Gasteiger partial charge in [0, 0.05) is 18.7 Å². The molecular formula is C10H12N4S. The molecule has 0 radical (unpaired) electrons. The molecule has 5 heteroatoms. The number of nitrogens with zero attached hydrogens (tertiary/aromatic N) is 3. The topological polar surface area (TPSA) is 54.5 Å². The molecule has 1 aromatic rings. The van der Waals surface area contributed by atoms with E-state index in [9.17, 15) is 0 Å². The van der Waals surface area contributed by atoms with E-state index in [1.165, 1.54) is 0 Å². The molecule has 15 heavy (non-hydrogen) atoms. The zero-order valence-corrected chi connectivity index (χ0v) is 9.19. The third kappa shape index (κ3) is 2.03. The number of aromatic nitrogens is 1. The fourth-order valence-corrected chi connectivity index (χ4v) is 1.99. The summed E-state index contributed by atoms with van der Waals surface area (Å²) in [4.78, 5) is 8.56. The van der Waals surface area contributed by atoms with Crippen LogP contribution in [-0.4, -0.2) is 27.5 Å². The van der Waals surface area contributed by atoms with Crippen molar-refractivity contribution in [3.8, 4) is 0 Å². The van der Waals surface area contributed by atoms with Crippen LogP contribution >= 0.6 is 11.9 Å². The van der Waals surface area contributed by atoms with Crippen molar-refractivity contribution in [2.24, 2.45) is 10.7 Å². The van der Waals surface area contributed by atoms with Crippen LogP contribution in [0.2, 0.25) is 0 Å². The average Bonchev–Trinajstić information content (AvgIpc) is 2.30. The smallest absolute Gasteiger partial charge is 0.166 e. The highest BCUT2D eigenvalue weighted by Gasteiger charge is 2.20. The second-order valence-corrected chi connectivity index (χ2v) is 3.77. The number of nitrogens with two attached hydrogens (primary N) is 1. The number of aliphatic imine (C=N–C) groups is 1. The lowest BCUT2D eigenvalue weighted by molar-refractivity contribution is 0.568. The van der Waals surface area contributed by atoms with Crippen LogP contribution in [0.1, 0.15) is 5.69 Å². The van der Waals surface area contributed by atoms with E-state index in [1.807, 2.05) is 34.8 Å². The van der Waals surface area contributed by atoms with Gasteiger partial charge in [0.25, 0.3) is 0 Å². The van der Waals surface area contributed by atoms with Gasteiger partial charge in [-0.25, -0.2) is 4.99 Å². The molecule has 0 fully saturated rings. The molecule has 2 rings (SSSR count). The van der Waals surface area contributed by atoms with Crippen molar-refractivity contribution in [1.82, 2.24) is 9.29 Å². The molecule has 0 spiro atoms. The fourth-order valence-electron chi connectivity index (χ4n) is 1.36. The molecule has 0 aliphatic carbocycles. The summed E-state index contributed by atoms with van der Waals surface area (Å²) in [7, 11) is 0. The van der Waals surface area contributed by atoms with Crippen LogP contribution in [0.25, 0.3) is 0 Å². The molecule has 78 valence electrons. The highest BCUT2D eigenvalue weighted by molar-refractivity contribution is 7.96. The van der Waals surface area contributed by atoms with E-state index in [1.54, 1.807) is 24.3 Å². The van der Waals surface area contributed by atoms with Crippen molar-refractivity contribution in [3.63, 3.8) is 0 Å². The van der Waals surface area contributed by atoms with Gasteiger partial charge in [-0.3, -0.25) is 9.29 Å². The molecule has 2 heterocycles. The molecule has 1 aromatic heterocycles. The first-order valence-electron chi connectivity index (χ1n) is 4.57. The van der Waals surface area contributed by atoms with Crippen molar-refractivity contribution in [2.45, 2.75) is 6.17 Å². The Morgan fingerprint density at radius 3 is 3.00 bits per heavy atom. The van der Waals surface area contributed by atoms with Crippen molar-refractivity contribution in [1.29, 1.82) is 0 Å². The van der Waals surface area contributed by atoms with E-state index >= 15 is 0 Å². The maximum Gasteiger partial charge on any atom is 0.166 e. The summed E-state index contributed by atoms with van der Waals surface area (Å²) in [6.07, 6.45) is 7.15. The summed E-state index contributed by atoms with van der Waals surface area (Å²) in [6, 6.07) is 5.74. The van der Waals surface area contributed by atoms with Gasteiger partial charge in [-0.1, -0.05) is 18.0 Å². The van der Waals surface area contributed by atoms with Gasteiger partial charge in [0.2, 0.25) is 0 Å². The fraction of sp³-hybridized carbons (Fsp3) is 0.200. The molecule has 1 aliphatic heterocycles. The van der Waals surface area contributed by atoms with Gasteiger partial charge in [0.05, 0.1) is 0 Å². The number of pyridine rings is 1. The predicted octanol–water partition coefficient (Wildman–Crippen LogP) is 1.22. The van der Waals surface area contributed by atoms with Gasteiger partial charge in [0.15, 0.2) is 5.84 Å². The summed E-state index contributed by atoms with van der Waals surface area (Å²) in [5, 5.41) is 0. The highest BCUT2D eigenvalue weighted by atomic mass is 32.2. The van der Waals surface area contributed by atoms with E-state index in [4.69, 9.17) is 5.73 Å². The summed E-state index contributed by atoms with van der Waals surface area (Å²) >= 11 is 1.54. The standard InChI is InChI=1S/C10H12N4S/c1-15-14-9(11)5-7-13-10(14)8-4-2-3-6-12-8/h2-7,9H,11H2,1H3. The molecule has 0 aromatic carbocycles. The van der Waals surface area contributed by atoms with E-state index in [-0.39, 0.29) is 6.17 Å². The number of amidine groups is 1. The lowest BCUT2D eigenvalue weighted by Crippen LogP contribution is -2.42. The van der Waals surface area contributed by atoms with Crippen LogP contribution in [-0.2, 0) is 0 Å². The SMILES string of the molecule is CSN1C(c2ccccn2)=NC=CC1N. The Labute approximate surface area is 93.0 Å². The second kappa shape index (κ2) is 4.46. The van der Waals surface area contributed by atoms with Crippen LogP contribution < -0.4 is 5.73 Å². The molecule has 0 amide bonds. The number of rotatable bonds is 2. The third-order valence-corrected chi connectivity index (χ3v) is 2.86. The molecule has 2 N–H and O–H groups in total. The zero-order valence-electron chi connectivity index (χ0n) is 8.37. The van der Waals surface area contributed by atoms with Crippen LogP contribution in [0.5, 0.6) is 0 Å². The Morgan fingerprint density at radius 1 is 1.47 bits per heavy atom. The first-order chi connectivity index (χ1) is 7.33. The predicted molar refractivity (Wildman–Crippen MR) is 63.2 cm³/mol. The van der Waals surface area contributed by atoms with Gasteiger partial charge in [0.1, 0.15) is 11.9 Å². The minimum atomic E-state index is -0.144. The van der Waals surface area contributed by atoms with Crippen LogP contribution in [0, 0.1) is 0 Å². The van der Waals surface area contributed by atoms with Crippen molar-refractivity contribution in [3.05, 3.63) is 42.4 Å². The number of hydrogen-bond donors (Lipinski definition) is 1. The summed E-state index contributed by atoms with van der Waals surface area (Å²) in [5.74, 6) is 0.804. The lowest BCUT2D eigenvalue weighted by Gasteiger charge is -2.28. The largest absolute Gasteiger partial charge is 0.307 e. The Bertz CT molecular complexity index is 388. The lowest BCUT2D eigenvalue weighted by atomic mass is 10.3. The molecule has 0 saturated heterocycles. The van der Waals surface area contributed by atoms with E-state index in [0.29, 0.717) is 0 Å². The Balaban J connectivity index is 2.35. The van der Waals surface area contributed by atoms with Crippen molar-refractivity contribution < 1.29 is 0 Å². The summed E-state index contributed by atoms with van der Waals surface area (Å²) in [6.45, 7) is 0. The molecule has 1 unspecified atom stereocenters. The van der Waals surface area contributed by atoms with Crippen LogP contribution in [0.4, 0.5) is 0 Å². The van der Waals surface area contributed by atoms with Gasteiger partial charge in [-0.15, -0.1) is 0 Å². The Hall–Kier alpha value is -1.33. The monoisotopic (exact) mass is 220 g/mol. The van der Waals surface area contributed by atoms with Crippen molar-refractivity contribution in [2.75, 3.05) is 6.26 Å². The summed E-state index contributed by atoms with van der Waals surface area (Å²) < 4.78 is 1.93. The first kappa shape index (κ1) is 10.2. The van der Waals surface area contributed by atoms with Crippen LogP contribution in [0.15, 0.2) is 41.7 Å². The van der Waals surface area contributed by atoms with Crippen LogP contribution in [0.3, 0.4) is 0 Å². The highest BCUT2D eigenvalue weighted by Crippen LogP contribution is 2.17. The minimum Gasteiger partial charge on any atom is -0.307 e. The van der Waals surface area contributed by atoms with Gasteiger partial charge in [-0.05, 0) is 18.2 Å². The van der Waals surface area contributed by atoms with E-state index < -0.39 is 0 Å². The zero-order chi connectivity index (χ0) is 10.7. The quantitative estimate of drug-likeness (QED) is 0.761. The number of hydrogen-bond acceptors (Lipinski definition) is 5. The Morgan fingerprint density at radius 2 is 2.33 bits per heavy atom. The summed E-state index contributed by atoms with van der Waals surface area (Å²) in [5.41, 5.74) is 6.77. The molecule has 1 atom stereocenters. The molecular weight excluding hydrogens is 208 g/mol. The van der Waals surface area contributed by atoms with Gasteiger partial charge >= 0.3 is 0 Å². The minimum absolute atomic E-state index is 0.144. The van der Waals surface area contributed by atoms with Gasteiger partial charge < -0.3 is 5.73 Å². The first-order valence-corrected chi connectivity index (χ1v) is 5.76. The Kier molecular flexibility index (Phi) is 3.03. The molecule has 0 bridgehead atoms. The van der Waals surface area contributed by atoms with E-state index in [0.717, 1.165) is 11.5 Å². The molecule has 0 saturated carbocycles. The second-order valence-electron chi connectivity index (χ2n) is 3.01. The van der Waals surface area contributed by atoms with Gasteiger partial charge in [-0.2, -0.15) is 0 Å².